The maximum absolute atomic E-state index is 5.73. The number of hydrogen-bond donors (Lipinski definition) is 1. The molecule has 0 aliphatic carbocycles. The molecule has 2 atom stereocenters. The molecule has 1 saturated heterocycles. The second kappa shape index (κ2) is 5.77. The van der Waals surface area contributed by atoms with Crippen LogP contribution in [0.25, 0.3) is 0 Å². The van der Waals surface area contributed by atoms with Crippen molar-refractivity contribution in [1.29, 1.82) is 0 Å². The molecule has 4 heteroatoms. The summed E-state index contributed by atoms with van der Waals surface area (Å²) in [5.74, 6) is 0. The summed E-state index contributed by atoms with van der Waals surface area (Å²) in [6.07, 6.45) is 3.62. The number of nitrogens with two attached hydrogens (primary N) is 1. The molecule has 15 heavy (non-hydrogen) atoms. The summed E-state index contributed by atoms with van der Waals surface area (Å²) in [5, 5.41) is 0. The lowest BCUT2D eigenvalue weighted by atomic mass is 10.1. The van der Waals surface area contributed by atoms with Crippen molar-refractivity contribution in [3.63, 3.8) is 0 Å². The summed E-state index contributed by atoms with van der Waals surface area (Å²) in [6, 6.07) is 0.937. The van der Waals surface area contributed by atoms with Crippen molar-refractivity contribution in [3.05, 3.63) is 0 Å². The van der Waals surface area contributed by atoms with E-state index in [1.54, 1.807) is 0 Å². The van der Waals surface area contributed by atoms with Crippen LogP contribution in [0.15, 0.2) is 0 Å². The predicted octanol–water partition coefficient (Wildman–Crippen LogP) is 1.08. The smallest absolute Gasteiger partial charge is 0.0901 e. The second-order valence-corrected chi connectivity index (χ2v) is 5.01. The molecule has 0 aromatic carbocycles. The van der Waals surface area contributed by atoms with E-state index in [9.17, 15) is 0 Å². The fourth-order valence-corrected chi connectivity index (χ4v) is 2.75. The average molecular weight is 229 g/mol. The van der Waals surface area contributed by atoms with E-state index in [1.807, 2.05) is 0 Å². The van der Waals surface area contributed by atoms with Crippen molar-refractivity contribution in [2.24, 2.45) is 5.73 Å². The Morgan fingerprint density at radius 3 is 2.73 bits per heavy atom. The number of likely N-dealkylation sites (tertiary alicyclic amines) is 1. The Bertz CT molecular complexity index is 220. The van der Waals surface area contributed by atoms with Gasteiger partial charge in [0.1, 0.15) is 0 Å². The molecule has 0 amide bonds. The van der Waals surface area contributed by atoms with E-state index < -0.39 is 0 Å². The van der Waals surface area contributed by atoms with Crippen molar-refractivity contribution in [2.45, 2.75) is 38.3 Å². The maximum Gasteiger partial charge on any atom is 0.0901 e. The van der Waals surface area contributed by atoms with Crippen molar-refractivity contribution in [1.82, 2.24) is 9.80 Å². The highest BCUT2D eigenvalue weighted by molar-refractivity contribution is 7.80. The van der Waals surface area contributed by atoms with Crippen LogP contribution in [0.5, 0.6) is 0 Å². The molecule has 1 rings (SSSR count). The first-order valence-corrected chi connectivity index (χ1v) is 6.16. The third-order valence-electron chi connectivity index (χ3n) is 3.42. The van der Waals surface area contributed by atoms with Gasteiger partial charge in [-0.3, -0.25) is 4.90 Å². The Balaban J connectivity index is 2.45. The van der Waals surface area contributed by atoms with Gasteiger partial charge in [-0.05, 0) is 39.9 Å². The van der Waals surface area contributed by atoms with Gasteiger partial charge in [0.15, 0.2) is 0 Å². The van der Waals surface area contributed by atoms with Crippen LogP contribution >= 0.6 is 12.2 Å². The van der Waals surface area contributed by atoms with Crippen LogP contribution in [0.3, 0.4) is 0 Å². The number of likely N-dealkylation sites (N-methyl/N-ethyl adjacent to an activating group) is 2. The molecule has 0 aromatic rings. The molecular weight excluding hydrogens is 206 g/mol. The Morgan fingerprint density at radius 1 is 1.67 bits per heavy atom. The molecule has 0 spiro atoms. The van der Waals surface area contributed by atoms with Gasteiger partial charge >= 0.3 is 0 Å². The molecule has 1 fully saturated rings. The first-order chi connectivity index (χ1) is 7.06. The van der Waals surface area contributed by atoms with Crippen LogP contribution in [-0.2, 0) is 0 Å². The number of rotatable bonds is 5. The van der Waals surface area contributed by atoms with Crippen molar-refractivity contribution >= 4 is 17.2 Å². The van der Waals surface area contributed by atoms with Crippen LogP contribution < -0.4 is 5.73 Å². The van der Waals surface area contributed by atoms with Crippen molar-refractivity contribution < 1.29 is 0 Å². The van der Waals surface area contributed by atoms with E-state index in [4.69, 9.17) is 18.0 Å². The molecule has 0 saturated carbocycles. The molecule has 1 aliphatic rings. The Morgan fingerprint density at radius 2 is 2.33 bits per heavy atom. The standard InChI is InChI=1S/C11H23N3S/c1-4-10(11(12)15)14(3)8-9-6-5-7-13(9)2/h9-10H,4-8H2,1-3H3,(H2,12,15). The second-order valence-electron chi connectivity index (χ2n) is 4.54. The highest BCUT2D eigenvalue weighted by Gasteiger charge is 2.25. The van der Waals surface area contributed by atoms with Gasteiger partial charge < -0.3 is 10.6 Å². The molecule has 1 aliphatic heterocycles. The molecule has 2 N–H and O–H groups in total. The minimum Gasteiger partial charge on any atom is -0.392 e. The molecular formula is C11H23N3S. The lowest BCUT2D eigenvalue weighted by Crippen LogP contribution is -2.46. The molecule has 3 nitrogen and oxygen atoms in total. The number of nitrogens with zero attached hydrogens (tertiary/aromatic N) is 2. The summed E-state index contributed by atoms with van der Waals surface area (Å²) >= 11 is 5.09. The summed E-state index contributed by atoms with van der Waals surface area (Å²) < 4.78 is 0. The molecule has 0 radical (unpaired) electrons. The SMILES string of the molecule is CCC(C(N)=S)N(C)CC1CCCN1C. The lowest BCUT2D eigenvalue weighted by Gasteiger charge is -2.31. The third kappa shape index (κ3) is 3.40. The zero-order chi connectivity index (χ0) is 11.4. The van der Waals surface area contributed by atoms with E-state index in [-0.39, 0.29) is 6.04 Å². The highest BCUT2D eigenvalue weighted by Crippen LogP contribution is 2.16. The van der Waals surface area contributed by atoms with E-state index in [1.165, 1.54) is 19.4 Å². The summed E-state index contributed by atoms with van der Waals surface area (Å²) in [6.45, 7) is 4.44. The molecule has 0 aromatic heterocycles. The normalized spacial score (nSPS) is 24.7. The quantitative estimate of drug-likeness (QED) is 0.715. The zero-order valence-corrected chi connectivity index (χ0v) is 10.9. The first kappa shape index (κ1) is 12.9. The van der Waals surface area contributed by atoms with Crippen molar-refractivity contribution in [2.75, 3.05) is 27.2 Å². The topological polar surface area (TPSA) is 32.5 Å². The van der Waals surface area contributed by atoms with E-state index in [0.29, 0.717) is 11.0 Å². The largest absolute Gasteiger partial charge is 0.392 e. The molecule has 2 unspecified atom stereocenters. The van der Waals surface area contributed by atoms with Crippen LogP contribution in [-0.4, -0.2) is 54.1 Å². The fraction of sp³-hybridized carbons (Fsp3) is 0.909. The van der Waals surface area contributed by atoms with E-state index in [0.717, 1.165) is 13.0 Å². The number of hydrogen-bond acceptors (Lipinski definition) is 3. The Labute approximate surface area is 98.6 Å². The predicted molar refractivity (Wildman–Crippen MR) is 69.1 cm³/mol. The third-order valence-corrected chi connectivity index (χ3v) is 3.69. The van der Waals surface area contributed by atoms with Gasteiger partial charge in [-0.15, -0.1) is 0 Å². The molecule has 1 heterocycles. The summed E-state index contributed by atoms with van der Waals surface area (Å²) in [7, 11) is 4.33. The first-order valence-electron chi connectivity index (χ1n) is 5.76. The highest BCUT2D eigenvalue weighted by atomic mass is 32.1. The van der Waals surface area contributed by atoms with Gasteiger partial charge in [0.25, 0.3) is 0 Å². The van der Waals surface area contributed by atoms with Gasteiger partial charge in [0.05, 0.1) is 11.0 Å². The van der Waals surface area contributed by atoms with Gasteiger partial charge in [0.2, 0.25) is 0 Å². The van der Waals surface area contributed by atoms with Crippen LogP contribution in [0.1, 0.15) is 26.2 Å². The van der Waals surface area contributed by atoms with Crippen LogP contribution in [0, 0.1) is 0 Å². The molecule has 0 bridgehead atoms. The zero-order valence-electron chi connectivity index (χ0n) is 10.1. The van der Waals surface area contributed by atoms with Crippen molar-refractivity contribution in [3.8, 4) is 0 Å². The monoisotopic (exact) mass is 229 g/mol. The van der Waals surface area contributed by atoms with Crippen LogP contribution in [0.2, 0.25) is 0 Å². The van der Waals surface area contributed by atoms with Gasteiger partial charge in [-0.1, -0.05) is 19.1 Å². The summed E-state index contributed by atoms with van der Waals surface area (Å²) in [5.41, 5.74) is 5.73. The Hall–Kier alpha value is -0.190. The van der Waals surface area contributed by atoms with E-state index in [2.05, 4.69) is 30.8 Å². The average Bonchev–Trinajstić information content (AvgIpc) is 2.52. The minimum atomic E-state index is 0.258. The maximum atomic E-state index is 5.73. The minimum absolute atomic E-state index is 0.258. The lowest BCUT2D eigenvalue weighted by molar-refractivity contribution is 0.202. The fourth-order valence-electron chi connectivity index (χ4n) is 2.40. The van der Waals surface area contributed by atoms with Gasteiger partial charge in [0, 0.05) is 12.6 Å². The van der Waals surface area contributed by atoms with Gasteiger partial charge in [-0.25, -0.2) is 0 Å². The Kier molecular flexibility index (Phi) is 4.96. The molecule has 88 valence electrons. The van der Waals surface area contributed by atoms with Crippen LogP contribution in [0.4, 0.5) is 0 Å². The van der Waals surface area contributed by atoms with E-state index >= 15 is 0 Å². The summed E-state index contributed by atoms with van der Waals surface area (Å²) in [4.78, 5) is 5.36. The van der Waals surface area contributed by atoms with Gasteiger partial charge in [-0.2, -0.15) is 0 Å². The number of thiocarbonyl (C=S) groups is 1.